The second kappa shape index (κ2) is 8.30. The first-order valence-electron chi connectivity index (χ1n) is 16.2. The van der Waals surface area contributed by atoms with Gasteiger partial charge >= 0.3 is 0 Å². The van der Waals surface area contributed by atoms with Gasteiger partial charge in [-0.15, -0.1) is 0 Å². The Morgan fingerprint density at radius 3 is 1.68 bits per heavy atom. The van der Waals surface area contributed by atoms with Crippen LogP contribution in [0.15, 0.2) is 121 Å². The minimum absolute atomic E-state index is 0.188. The highest BCUT2D eigenvalue weighted by molar-refractivity contribution is 6.97. The lowest BCUT2D eigenvalue weighted by atomic mass is 9.30. The van der Waals surface area contributed by atoms with Crippen LogP contribution in [0.3, 0.4) is 0 Å². The second-order valence-corrected chi connectivity index (χ2v) is 13.9. The molecule has 0 N–H and O–H groups in total. The van der Waals surface area contributed by atoms with Gasteiger partial charge in [-0.05, 0) is 106 Å². The SMILES string of the molecule is Cc1cccc2c1C1(C)c3ccccc3C2(C)c2cccc(-c3cc4c5c(c3)Cc3ccccc3B5c3ccccc3C4)c21. The van der Waals surface area contributed by atoms with E-state index in [1.807, 2.05) is 0 Å². The Labute approximate surface area is 260 Å². The van der Waals surface area contributed by atoms with Gasteiger partial charge in [-0.25, -0.2) is 0 Å². The predicted octanol–water partition coefficient (Wildman–Crippen LogP) is 7.32. The number of rotatable bonds is 1. The third-order valence-corrected chi connectivity index (χ3v) is 11.9. The van der Waals surface area contributed by atoms with Crippen LogP contribution in [0.1, 0.15) is 75.0 Å². The van der Waals surface area contributed by atoms with Gasteiger partial charge in [0.15, 0.2) is 0 Å². The van der Waals surface area contributed by atoms with Crippen LogP contribution in [-0.4, -0.2) is 6.71 Å². The topological polar surface area (TPSA) is 0 Å². The Morgan fingerprint density at radius 2 is 1.02 bits per heavy atom. The fourth-order valence-electron chi connectivity index (χ4n) is 10.1. The number of hydrogen-bond donors (Lipinski definition) is 0. The van der Waals surface area contributed by atoms with Gasteiger partial charge in [0.05, 0.1) is 0 Å². The maximum atomic E-state index is 2.56. The van der Waals surface area contributed by atoms with Gasteiger partial charge in [0.25, 0.3) is 0 Å². The predicted molar refractivity (Wildman–Crippen MR) is 184 cm³/mol. The van der Waals surface area contributed by atoms with E-state index in [0.29, 0.717) is 6.71 Å². The van der Waals surface area contributed by atoms with Crippen LogP contribution in [0.4, 0.5) is 0 Å². The van der Waals surface area contributed by atoms with Crippen LogP contribution in [-0.2, 0) is 23.7 Å². The van der Waals surface area contributed by atoms with E-state index >= 15 is 0 Å². The molecule has 44 heavy (non-hydrogen) atoms. The highest BCUT2D eigenvalue weighted by Gasteiger charge is 2.56. The second-order valence-electron chi connectivity index (χ2n) is 13.9. The molecule has 0 amide bonds. The summed E-state index contributed by atoms with van der Waals surface area (Å²) in [5.74, 6) is 0. The normalized spacial score (nSPS) is 21.0. The lowest BCUT2D eigenvalue weighted by molar-refractivity contribution is 0.510. The Morgan fingerprint density at radius 1 is 0.500 bits per heavy atom. The first-order chi connectivity index (χ1) is 21.5. The Kier molecular flexibility index (Phi) is 4.68. The van der Waals surface area contributed by atoms with E-state index in [0.717, 1.165) is 12.8 Å². The Hall–Kier alpha value is -4.62. The molecule has 6 aromatic rings. The molecule has 0 nitrogen and oxygen atoms in total. The van der Waals surface area contributed by atoms with Gasteiger partial charge in [-0.3, -0.25) is 0 Å². The minimum atomic E-state index is -0.226. The largest absolute Gasteiger partial charge is 0.242 e. The van der Waals surface area contributed by atoms with E-state index < -0.39 is 0 Å². The zero-order valence-corrected chi connectivity index (χ0v) is 25.5. The zero-order valence-electron chi connectivity index (χ0n) is 25.5. The highest BCUT2D eigenvalue weighted by Crippen LogP contribution is 2.63. The first kappa shape index (κ1) is 24.8. The van der Waals surface area contributed by atoms with Crippen molar-refractivity contribution >= 4 is 23.1 Å². The Balaban J connectivity index is 1.27. The fraction of sp³-hybridized carbons (Fsp3) is 0.163. The molecule has 1 heteroatoms. The summed E-state index contributed by atoms with van der Waals surface area (Å²) >= 11 is 0. The molecule has 3 aliphatic carbocycles. The molecule has 6 aromatic carbocycles. The first-order valence-corrected chi connectivity index (χ1v) is 16.2. The number of fused-ring (bicyclic) bond motifs is 4. The quantitative estimate of drug-likeness (QED) is 0.185. The standard InChI is InChI=1S/C43H33B/c1-26-12-10-18-35-39(26)43(3)34-17-7-6-16-33(34)42(35,2)36-19-11-15-32(40(36)43)29-24-30-22-27-13-4-8-20-37(27)44-38-21-9-5-14-28(38)23-31(25-29)41(30)44/h4-21,24-25H,22-23H2,1-3H3. The highest BCUT2D eigenvalue weighted by atomic mass is 14.6. The summed E-state index contributed by atoms with van der Waals surface area (Å²) in [5, 5.41) is 0. The van der Waals surface area contributed by atoms with Crippen molar-refractivity contribution in [3.63, 3.8) is 0 Å². The molecule has 2 unspecified atom stereocenters. The average Bonchev–Trinajstić information content (AvgIpc) is 3.06. The molecule has 0 spiro atoms. The number of hydrogen-bond acceptors (Lipinski definition) is 0. The van der Waals surface area contributed by atoms with E-state index in [1.165, 1.54) is 83.3 Å². The molecular weight excluding hydrogens is 527 g/mol. The molecule has 208 valence electrons. The molecule has 0 radical (unpaired) electrons. The summed E-state index contributed by atoms with van der Waals surface area (Å²) in [6.07, 6.45) is 2.00. The van der Waals surface area contributed by atoms with Crippen molar-refractivity contribution in [1.29, 1.82) is 0 Å². The molecule has 0 aromatic heterocycles. The van der Waals surface area contributed by atoms with Gasteiger partial charge in [0, 0.05) is 10.8 Å². The zero-order chi connectivity index (χ0) is 29.4. The van der Waals surface area contributed by atoms with E-state index in [1.54, 1.807) is 5.46 Å². The van der Waals surface area contributed by atoms with Crippen LogP contribution in [0.2, 0.25) is 0 Å². The van der Waals surface area contributed by atoms with E-state index in [9.17, 15) is 0 Å². The van der Waals surface area contributed by atoms with Crippen LogP contribution in [0.5, 0.6) is 0 Å². The van der Waals surface area contributed by atoms with Crippen LogP contribution < -0.4 is 16.4 Å². The van der Waals surface area contributed by atoms with Gasteiger partial charge in [0.2, 0.25) is 6.71 Å². The van der Waals surface area contributed by atoms with Crippen molar-refractivity contribution in [2.45, 2.75) is 44.4 Å². The van der Waals surface area contributed by atoms with E-state index in [2.05, 4.69) is 142 Å². The van der Waals surface area contributed by atoms with Crippen LogP contribution in [0.25, 0.3) is 11.1 Å². The molecule has 5 aliphatic rings. The van der Waals surface area contributed by atoms with Crippen molar-refractivity contribution in [1.82, 2.24) is 0 Å². The molecule has 0 saturated carbocycles. The van der Waals surface area contributed by atoms with Gasteiger partial charge in [-0.1, -0.05) is 138 Å². The molecule has 0 fully saturated rings. The summed E-state index contributed by atoms with van der Waals surface area (Å²) in [6, 6.07) is 46.8. The summed E-state index contributed by atoms with van der Waals surface area (Å²) in [6.45, 7) is 7.61. The molecule has 2 heterocycles. The van der Waals surface area contributed by atoms with Crippen molar-refractivity contribution < 1.29 is 0 Å². The van der Waals surface area contributed by atoms with Crippen molar-refractivity contribution in [3.8, 4) is 11.1 Å². The maximum Gasteiger partial charge on any atom is 0.242 e. The smallest absolute Gasteiger partial charge is 0.0667 e. The molecule has 11 rings (SSSR count). The average molecular weight is 561 g/mol. The summed E-state index contributed by atoms with van der Waals surface area (Å²) < 4.78 is 0. The van der Waals surface area contributed by atoms with Crippen molar-refractivity contribution in [3.05, 3.63) is 183 Å². The summed E-state index contributed by atoms with van der Waals surface area (Å²) in [5.41, 5.74) is 23.1. The minimum Gasteiger partial charge on any atom is -0.0667 e. The lowest BCUT2D eigenvalue weighted by Gasteiger charge is -2.55. The monoisotopic (exact) mass is 560 g/mol. The lowest BCUT2D eigenvalue weighted by Crippen LogP contribution is -2.61. The van der Waals surface area contributed by atoms with Crippen LogP contribution in [0, 0.1) is 6.92 Å². The van der Waals surface area contributed by atoms with E-state index in [4.69, 9.17) is 0 Å². The fourth-order valence-corrected chi connectivity index (χ4v) is 10.1. The molecule has 2 atom stereocenters. The third kappa shape index (κ3) is 2.82. The summed E-state index contributed by atoms with van der Waals surface area (Å²) in [4.78, 5) is 0. The number of benzene rings is 6. The third-order valence-electron chi connectivity index (χ3n) is 11.9. The van der Waals surface area contributed by atoms with Crippen molar-refractivity contribution in [2.75, 3.05) is 0 Å². The molecule has 0 saturated heterocycles. The van der Waals surface area contributed by atoms with E-state index in [-0.39, 0.29) is 10.8 Å². The molecule has 2 aliphatic heterocycles. The van der Waals surface area contributed by atoms with Gasteiger partial charge in [-0.2, -0.15) is 0 Å². The van der Waals surface area contributed by atoms with Crippen LogP contribution >= 0.6 is 0 Å². The Bertz CT molecular complexity index is 2170. The molecular formula is C43H33B. The number of aryl methyl sites for hydroxylation is 1. The molecule has 2 bridgehead atoms. The maximum absolute atomic E-state index is 2.56. The van der Waals surface area contributed by atoms with Gasteiger partial charge in [0.1, 0.15) is 0 Å². The van der Waals surface area contributed by atoms with Gasteiger partial charge < -0.3 is 0 Å². The summed E-state index contributed by atoms with van der Waals surface area (Å²) in [7, 11) is 0. The van der Waals surface area contributed by atoms with Crippen molar-refractivity contribution in [2.24, 2.45) is 0 Å².